The Morgan fingerprint density at radius 1 is 1.40 bits per heavy atom. The molecule has 20 heavy (non-hydrogen) atoms. The van der Waals surface area contributed by atoms with E-state index < -0.39 is 16.0 Å². The molecule has 0 amide bonds. The molecule has 0 unspecified atom stereocenters. The number of nitrogens with one attached hydrogen (secondary N) is 1. The third-order valence-electron chi connectivity index (χ3n) is 2.34. The Morgan fingerprint density at radius 3 is 2.60 bits per heavy atom. The predicted molar refractivity (Wildman–Crippen MR) is 81.6 cm³/mol. The van der Waals surface area contributed by atoms with Gasteiger partial charge in [-0.1, -0.05) is 23.2 Å². The van der Waals surface area contributed by atoms with Crippen LogP contribution in [0.3, 0.4) is 0 Å². The fourth-order valence-electron chi connectivity index (χ4n) is 1.42. The average molecular weight is 358 g/mol. The third kappa shape index (κ3) is 4.53. The SMILES string of the molecule is CSCCCNS(=O)(=O)c1cc(Cl)cc(C(=O)O)c1Cl. The quantitative estimate of drug-likeness (QED) is 0.733. The van der Waals surface area contributed by atoms with E-state index in [2.05, 4.69) is 4.72 Å². The van der Waals surface area contributed by atoms with Crippen molar-refractivity contribution in [2.24, 2.45) is 0 Å². The Bertz CT molecular complexity index is 605. The second kappa shape index (κ2) is 7.51. The lowest BCUT2D eigenvalue weighted by Crippen LogP contribution is -2.26. The first-order valence-electron chi connectivity index (χ1n) is 5.50. The number of hydrogen-bond acceptors (Lipinski definition) is 4. The first kappa shape index (κ1) is 17.6. The summed E-state index contributed by atoms with van der Waals surface area (Å²) in [6.45, 7) is 0.244. The van der Waals surface area contributed by atoms with Crippen LogP contribution >= 0.6 is 35.0 Å². The highest BCUT2D eigenvalue weighted by Gasteiger charge is 2.23. The van der Waals surface area contributed by atoms with Crippen molar-refractivity contribution in [1.29, 1.82) is 0 Å². The van der Waals surface area contributed by atoms with E-state index in [4.69, 9.17) is 28.3 Å². The molecule has 1 aromatic rings. The second-order valence-electron chi connectivity index (χ2n) is 3.81. The molecule has 0 atom stereocenters. The number of carboxylic acid groups (broad SMARTS) is 1. The largest absolute Gasteiger partial charge is 0.478 e. The Hall–Kier alpha value is -0.470. The summed E-state index contributed by atoms with van der Waals surface area (Å²) in [6.07, 6.45) is 2.58. The standard InChI is InChI=1S/C11H13Cl2NO4S2/c1-19-4-2-3-14-20(17,18)9-6-7(12)5-8(10(9)13)11(15)16/h5-6,14H,2-4H2,1H3,(H,15,16). The van der Waals surface area contributed by atoms with Crippen LogP contribution in [0.5, 0.6) is 0 Å². The van der Waals surface area contributed by atoms with Gasteiger partial charge in [0.2, 0.25) is 10.0 Å². The molecule has 5 nitrogen and oxygen atoms in total. The minimum atomic E-state index is -3.89. The van der Waals surface area contributed by atoms with Gasteiger partial charge >= 0.3 is 5.97 Å². The fourth-order valence-corrected chi connectivity index (χ4v) is 3.82. The smallest absolute Gasteiger partial charge is 0.337 e. The first-order chi connectivity index (χ1) is 9.29. The molecule has 112 valence electrons. The summed E-state index contributed by atoms with van der Waals surface area (Å²) in [6, 6.07) is 2.24. The highest BCUT2D eigenvalue weighted by molar-refractivity contribution is 7.98. The molecule has 1 rings (SSSR count). The number of aromatic carboxylic acids is 1. The Morgan fingerprint density at radius 2 is 2.05 bits per heavy atom. The average Bonchev–Trinajstić information content (AvgIpc) is 2.36. The Labute approximate surface area is 131 Å². The van der Waals surface area contributed by atoms with Crippen LogP contribution in [0.1, 0.15) is 16.8 Å². The number of benzene rings is 1. The summed E-state index contributed by atoms with van der Waals surface area (Å²) in [4.78, 5) is 10.7. The second-order valence-corrected chi connectivity index (χ2v) is 7.35. The summed E-state index contributed by atoms with van der Waals surface area (Å²) in [5, 5.41) is 8.61. The molecule has 9 heteroatoms. The molecule has 2 N–H and O–H groups in total. The van der Waals surface area contributed by atoms with Crippen molar-refractivity contribution in [3.05, 3.63) is 27.7 Å². The number of sulfonamides is 1. The highest BCUT2D eigenvalue weighted by atomic mass is 35.5. The summed E-state index contributed by atoms with van der Waals surface area (Å²) >= 11 is 13.2. The molecule has 0 bridgehead atoms. The lowest BCUT2D eigenvalue weighted by Gasteiger charge is -2.10. The molecule has 0 saturated carbocycles. The topological polar surface area (TPSA) is 83.5 Å². The monoisotopic (exact) mass is 357 g/mol. The van der Waals surface area contributed by atoms with E-state index >= 15 is 0 Å². The number of carboxylic acids is 1. The van der Waals surface area contributed by atoms with E-state index in [1.807, 2.05) is 6.26 Å². The summed E-state index contributed by atoms with van der Waals surface area (Å²) in [5.74, 6) is -0.525. The Balaban J connectivity index is 3.09. The van der Waals surface area contributed by atoms with Gasteiger partial charge in [0.05, 0.1) is 10.6 Å². The highest BCUT2D eigenvalue weighted by Crippen LogP contribution is 2.29. The molecule has 1 aromatic carbocycles. The van der Waals surface area contributed by atoms with E-state index in [1.165, 1.54) is 0 Å². The summed E-state index contributed by atoms with van der Waals surface area (Å²) < 4.78 is 26.5. The zero-order valence-corrected chi connectivity index (χ0v) is 13.7. The van der Waals surface area contributed by atoms with E-state index in [0.29, 0.717) is 6.42 Å². The maximum absolute atomic E-state index is 12.1. The minimum absolute atomic E-state index is 0.00344. The van der Waals surface area contributed by atoms with E-state index in [0.717, 1.165) is 17.9 Å². The third-order valence-corrected chi connectivity index (χ3v) is 5.26. The van der Waals surface area contributed by atoms with Crippen molar-refractivity contribution in [2.75, 3.05) is 18.6 Å². The van der Waals surface area contributed by atoms with Crippen molar-refractivity contribution in [3.8, 4) is 0 Å². The molecule has 0 fully saturated rings. The molecule has 0 heterocycles. The van der Waals surface area contributed by atoms with Gasteiger partial charge < -0.3 is 5.11 Å². The molecular formula is C11H13Cl2NO4S2. The van der Waals surface area contributed by atoms with Crippen LogP contribution in [0.2, 0.25) is 10.0 Å². The first-order valence-corrected chi connectivity index (χ1v) is 9.14. The van der Waals surface area contributed by atoms with Crippen LogP contribution in [0.25, 0.3) is 0 Å². The molecule has 0 radical (unpaired) electrons. The molecule has 0 aromatic heterocycles. The number of rotatable bonds is 7. The molecule has 0 saturated heterocycles. The van der Waals surface area contributed by atoms with Gasteiger partial charge in [-0.2, -0.15) is 11.8 Å². The van der Waals surface area contributed by atoms with Crippen LogP contribution in [0.15, 0.2) is 17.0 Å². The number of thioether (sulfide) groups is 1. The molecule has 0 aliphatic rings. The van der Waals surface area contributed by atoms with Crippen LogP contribution in [-0.4, -0.2) is 38.0 Å². The van der Waals surface area contributed by atoms with Crippen molar-refractivity contribution in [2.45, 2.75) is 11.3 Å². The summed E-state index contributed by atoms with van der Waals surface area (Å²) in [5.41, 5.74) is -0.344. The lowest BCUT2D eigenvalue weighted by atomic mass is 10.2. The van der Waals surface area contributed by atoms with Crippen molar-refractivity contribution < 1.29 is 18.3 Å². The van der Waals surface area contributed by atoms with Crippen LogP contribution in [0.4, 0.5) is 0 Å². The van der Waals surface area contributed by atoms with Gasteiger partial charge in [-0.25, -0.2) is 17.9 Å². The van der Waals surface area contributed by atoms with E-state index in [-0.39, 0.29) is 27.0 Å². The van der Waals surface area contributed by atoms with Gasteiger partial charge in [0.1, 0.15) is 4.90 Å². The molecular weight excluding hydrogens is 345 g/mol. The van der Waals surface area contributed by atoms with Crippen molar-refractivity contribution in [1.82, 2.24) is 4.72 Å². The van der Waals surface area contributed by atoms with Crippen LogP contribution in [-0.2, 0) is 10.0 Å². The number of halogens is 2. The van der Waals surface area contributed by atoms with Gasteiger partial charge in [-0.05, 0) is 30.6 Å². The molecule has 0 aliphatic carbocycles. The van der Waals surface area contributed by atoms with Gasteiger partial charge in [0.15, 0.2) is 0 Å². The van der Waals surface area contributed by atoms with Crippen LogP contribution < -0.4 is 4.72 Å². The number of carbonyl (C=O) groups is 1. The van der Waals surface area contributed by atoms with Gasteiger partial charge in [-0.15, -0.1) is 0 Å². The predicted octanol–water partition coefficient (Wildman–Crippen LogP) is 2.72. The van der Waals surface area contributed by atoms with Gasteiger partial charge in [0.25, 0.3) is 0 Å². The lowest BCUT2D eigenvalue weighted by molar-refractivity contribution is 0.0697. The summed E-state index contributed by atoms with van der Waals surface area (Å²) in [7, 11) is -3.89. The maximum atomic E-state index is 12.1. The zero-order valence-electron chi connectivity index (χ0n) is 10.5. The van der Waals surface area contributed by atoms with E-state index in [1.54, 1.807) is 11.8 Å². The normalized spacial score (nSPS) is 11.6. The molecule has 0 spiro atoms. The van der Waals surface area contributed by atoms with Crippen molar-refractivity contribution >= 4 is 51.0 Å². The van der Waals surface area contributed by atoms with Gasteiger partial charge in [0, 0.05) is 11.6 Å². The number of hydrogen-bond donors (Lipinski definition) is 2. The zero-order chi connectivity index (χ0) is 15.3. The Kier molecular flexibility index (Phi) is 6.60. The fraction of sp³-hybridized carbons (Fsp3) is 0.364. The minimum Gasteiger partial charge on any atom is -0.478 e. The van der Waals surface area contributed by atoms with Gasteiger partial charge in [-0.3, -0.25) is 0 Å². The van der Waals surface area contributed by atoms with Crippen LogP contribution in [0, 0.1) is 0 Å². The molecule has 0 aliphatic heterocycles. The maximum Gasteiger partial charge on any atom is 0.337 e. The van der Waals surface area contributed by atoms with E-state index in [9.17, 15) is 13.2 Å². The van der Waals surface area contributed by atoms with Crippen molar-refractivity contribution in [3.63, 3.8) is 0 Å².